The molecule has 0 aliphatic carbocycles. The number of hydrogen-bond acceptors (Lipinski definition) is 5. The van der Waals surface area contributed by atoms with Gasteiger partial charge in [-0.1, -0.05) is 10.3 Å². The van der Waals surface area contributed by atoms with Gasteiger partial charge in [0.05, 0.1) is 0 Å². The van der Waals surface area contributed by atoms with Crippen LogP contribution in [-0.2, 0) is 6.61 Å². The van der Waals surface area contributed by atoms with E-state index < -0.39 is 0 Å². The third-order valence-electron chi connectivity index (χ3n) is 2.31. The molecule has 1 aromatic carbocycles. The van der Waals surface area contributed by atoms with E-state index in [1.165, 1.54) is 0 Å². The van der Waals surface area contributed by atoms with Crippen molar-refractivity contribution < 1.29 is 9.37 Å². The first-order chi connectivity index (χ1) is 7.66. The zero-order chi connectivity index (χ0) is 11.5. The predicted octanol–water partition coefficient (Wildman–Crippen LogP) is 1.85. The Bertz CT molecular complexity index is 494. The van der Waals surface area contributed by atoms with Gasteiger partial charge in [-0.25, -0.2) is 4.63 Å². The Labute approximate surface area is 93.2 Å². The second-order valence-corrected chi connectivity index (χ2v) is 3.61. The van der Waals surface area contributed by atoms with Gasteiger partial charge < -0.3 is 10.5 Å². The topological polar surface area (TPSA) is 74.2 Å². The number of aromatic nitrogens is 2. The van der Waals surface area contributed by atoms with Crippen LogP contribution in [0, 0.1) is 13.8 Å². The van der Waals surface area contributed by atoms with E-state index in [0.29, 0.717) is 12.3 Å². The van der Waals surface area contributed by atoms with Crippen molar-refractivity contribution in [2.24, 2.45) is 0 Å². The van der Waals surface area contributed by atoms with Crippen molar-refractivity contribution in [3.63, 3.8) is 0 Å². The number of benzene rings is 1. The largest absolute Gasteiger partial charge is 0.487 e. The van der Waals surface area contributed by atoms with Crippen molar-refractivity contribution in [2.45, 2.75) is 20.5 Å². The lowest BCUT2D eigenvalue weighted by Crippen LogP contribution is -1.99. The van der Waals surface area contributed by atoms with Crippen molar-refractivity contribution in [3.05, 3.63) is 35.2 Å². The Balaban J connectivity index is 2.08. The molecule has 2 N–H and O–H groups in total. The molecule has 0 unspecified atom stereocenters. The molecular formula is C11H13N3O2. The highest BCUT2D eigenvalue weighted by atomic mass is 16.6. The molecule has 0 bridgehead atoms. The highest BCUT2D eigenvalue weighted by Crippen LogP contribution is 2.21. The highest BCUT2D eigenvalue weighted by molar-refractivity contribution is 5.47. The van der Waals surface area contributed by atoms with Crippen LogP contribution in [0.3, 0.4) is 0 Å². The van der Waals surface area contributed by atoms with Crippen LogP contribution in [-0.4, -0.2) is 10.3 Å². The number of ether oxygens (including phenoxy) is 1. The van der Waals surface area contributed by atoms with E-state index in [9.17, 15) is 0 Å². The molecule has 2 rings (SSSR count). The van der Waals surface area contributed by atoms with Crippen LogP contribution in [0.2, 0.25) is 0 Å². The number of anilines is 1. The molecule has 0 fully saturated rings. The summed E-state index contributed by atoms with van der Waals surface area (Å²) < 4.78 is 10.2. The summed E-state index contributed by atoms with van der Waals surface area (Å²) in [7, 11) is 0. The maximum absolute atomic E-state index is 5.65. The van der Waals surface area contributed by atoms with Crippen molar-refractivity contribution in [1.29, 1.82) is 0 Å². The van der Waals surface area contributed by atoms with Gasteiger partial charge in [-0.3, -0.25) is 0 Å². The smallest absolute Gasteiger partial charge is 0.145 e. The molecule has 0 atom stereocenters. The maximum Gasteiger partial charge on any atom is 0.145 e. The molecule has 0 spiro atoms. The third kappa shape index (κ3) is 2.13. The molecule has 0 saturated carbocycles. The first-order valence-corrected chi connectivity index (χ1v) is 4.94. The van der Waals surface area contributed by atoms with Gasteiger partial charge in [0.25, 0.3) is 0 Å². The lowest BCUT2D eigenvalue weighted by atomic mass is 10.2. The summed E-state index contributed by atoms with van der Waals surface area (Å²) in [6.45, 7) is 4.12. The number of nitrogen functional groups attached to an aromatic ring is 1. The van der Waals surface area contributed by atoms with Gasteiger partial charge in [-0.15, -0.1) is 0 Å². The molecule has 5 nitrogen and oxygen atoms in total. The van der Waals surface area contributed by atoms with Crippen molar-refractivity contribution in [3.8, 4) is 5.75 Å². The monoisotopic (exact) mass is 219 g/mol. The first kappa shape index (κ1) is 10.5. The molecule has 1 heterocycles. The SMILES string of the molecule is Cc1cc(N)ccc1OCc1nonc1C. The fourth-order valence-corrected chi connectivity index (χ4v) is 1.36. The summed E-state index contributed by atoms with van der Waals surface area (Å²) in [5.41, 5.74) is 8.82. The molecule has 84 valence electrons. The summed E-state index contributed by atoms with van der Waals surface area (Å²) in [6, 6.07) is 5.51. The Morgan fingerprint density at radius 1 is 1.31 bits per heavy atom. The minimum Gasteiger partial charge on any atom is -0.487 e. The van der Waals surface area contributed by atoms with E-state index in [1.807, 2.05) is 26.0 Å². The highest BCUT2D eigenvalue weighted by Gasteiger charge is 2.07. The van der Waals surface area contributed by atoms with Gasteiger partial charge >= 0.3 is 0 Å². The second-order valence-electron chi connectivity index (χ2n) is 3.61. The van der Waals surface area contributed by atoms with Crippen LogP contribution in [0.4, 0.5) is 5.69 Å². The van der Waals surface area contributed by atoms with Crippen molar-refractivity contribution in [2.75, 3.05) is 5.73 Å². The standard InChI is InChI=1S/C11H13N3O2/c1-7-5-9(12)3-4-11(7)15-6-10-8(2)13-16-14-10/h3-5H,6,12H2,1-2H3. The van der Waals surface area contributed by atoms with E-state index >= 15 is 0 Å². The molecule has 0 radical (unpaired) electrons. The van der Waals surface area contributed by atoms with Gasteiger partial charge in [-0.2, -0.15) is 0 Å². The molecule has 0 amide bonds. The third-order valence-corrected chi connectivity index (χ3v) is 2.31. The molecule has 0 saturated heterocycles. The Kier molecular flexibility index (Phi) is 2.76. The van der Waals surface area contributed by atoms with Gasteiger partial charge in [0.2, 0.25) is 0 Å². The zero-order valence-corrected chi connectivity index (χ0v) is 9.23. The van der Waals surface area contributed by atoms with Crippen molar-refractivity contribution in [1.82, 2.24) is 10.3 Å². The zero-order valence-electron chi connectivity index (χ0n) is 9.23. The molecule has 0 aliphatic heterocycles. The first-order valence-electron chi connectivity index (χ1n) is 4.94. The van der Waals surface area contributed by atoms with E-state index in [-0.39, 0.29) is 0 Å². The Hall–Kier alpha value is -2.04. The lowest BCUT2D eigenvalue weighted by molar-refractivity contribution is 0.269. The van der Waals surface area contributed by atoms with Crippen LogP contribution in [0.15, 0.2) is 22.8 Å². The number of nitrogens with two attached hydrogens (primary N) is 1. The summed E-state index contributed by atoms with van der Waals surface area (Å²) in [4.78, 5) is 0. The number of aryl methyl sites for hydroxylation is 2. The summed E-state index contributed by atoms with van der Waals surface area (Å²) >= 11 is 0. The Morgan fingerprint density at radius 3 is 2.75 bits per heavy atom. The van der Waals surface area contributed by atoms with Crippen LogP contribution in [0.1, 0.15) is 17.0 Å². The van der Waals surface area contributed by atoms with E-state index in [0.717, 1.165) is 22.7 Å². The number of rotatable bonds is 3. The maximum atomic E-state index is 5.65. The lowest BCUT2D eigenvalue weighted by Gasteiger charge is -2.07. The average molecular weight is 219 g/mol. The van der Waals surface area contributed by atoms with Crippen LogP contribution < -0.4 is 10.5 Å². The van der Waals surface area contributed by atoms with Crippen LogP contribution >= 0.6 is 0 Å². The molecule has 16 heavy (non-hydrogen) atoms. The van der Waals surface area contributed by atoms with E-state index in [1.54, 1.807) is 6.07 Å². The van der Waals surface area contributed by atoms with Crippen LogP contribution in [0.25, 0.3) is 0 Å². The molecule has 5 heteroatoms. The fourth-order valence-electron chi connectivity index (χ4n) is 1.36. The van der Waals surface area contributed by atoms with Gasteiger partial charge in [-0.05, 0) is 37.6 Å². The Morgan fingerprint density at radius 2 is 2.12 bits per heavy atom. The summed E-state index contributed by atoms with van der Waals surface area (Å²) in [5, 5.41) is 7.42. The van der Waals surface area contributed by atoms with Gasteiger partial charge in [0.15, 0.2) is 0 Å². The minimum absolute atomic E-state index is 0.347. The fraction of sp³-hybridized carbons (Fsp3) is 0.273. The van der Waals surface area contributed by atoms with Crippen molar-refractivity contribution >= 4 is 5.69 Å². The molecule has 0 aliphatic rings. The summed E-state index contributed by atoms with van der Waals surface area (Å²) in [6.07, 6.45) is 0. The average Bonchev–Trinajstić information content (AvgIpc) is 2.63. The van der Waals surface area contributed by atoms with E-state index in [4.69, 9.17) is 10.5 Å². The molecule has 2 aromatic rings. The van der Waals surface area contributed by atoms with E-state index in [2.05, 4.69) is 14.9 Å². The van der Waals surface area contributed by atoms with Crippen LogP contribution in [0.5, 0.6) is 5.75 Å². The number of nitrogens with zero attached hydrogens (tertiary/aromatic N) is 2. The van der Waals surface area contributed by atoms with Gasteiger partial charge in [0, 0.05) is 5.69 Å². The quantitative estimate of drug-likeness (QED) is 0.797. The predicted molar refractivity (Wildman–Crippen MR) is 59.0 cm³/mol. The molecule has 1 aromatic heterocycles. The molecular weight excluding hydrogens is 206 g/mol. The minimum atomic E-state index is 0.347. The normalized spacial score (nSPS) is 10.4. The van der Waals surface area contributed by atoms with Gasteiger partial charge in [0.1, 0.15) is 23.7 Å². The summed E-state index contributed by atoms with van der Waals surface area (Å²) in [5.74, 6) is 0.789. The number of hydrogen-bond donors (Lipinski definition) is 1. The second kappa shape index (κ2) is 4.22.